The van der Waals surface area contributed by atoms with Gasteiger partial charge in [0.15, 0.2) is 0 Å². The number of carbonyl (C=O) groups is 1. The van der Waals surface area contributed by atoms with E-state index in [4.69, 9.17) is 0 Å². The van der Waals surface area contributed by atoms with Gasteiger partial charge in [-0.1, -0.05) is 25.0 Å². The van der Waals surface area contributed by atoms with Gasteiger partial charge >= 0.3 is 0 Å². The Balaban J connectivity index is 1.51. The van der Waals surface area contributed by atoms with E-state index in [2.05, 4.69) is 19.2 Å². The molecule has 4 rings (SSSR count). The fourth-order valence-electron chi connectivity index (χ4n) is 7.96. The topological polar surface area (TPSA) is 69.6 Å². The van der Waals surface area contributed by atoms with Gasteiger partial charge in [-0.25, -0.2) is 0 Å². The zero-order valence-electron chi connectivity index (χ0n) is 19.5. The molecule has 0 spiro atoms. The molecule has 0 heterocycles. The van der Waals surface area contributed by atoms with Crippen LogP contribution in [0.25, 0.3) is 0 Å². The number of hydrogen-bond donors (Lipinski definition) is 3. The number of aliphatic hydroxyl groups excluding tert-OH is 2. The van der Waals surface area contributed by atoms with Crippen LogP contribution in [0, 0.1) is 35.0 Å². The maximum Gasteiger partial charge on any atom is 0.220 e. The molecule has 4 aliphatic rings. The molecule has 4 nitrogen and oxygen atoms in total. The largest absolute Gasteiger partial charge is 0.393 e. The van der Waals surface area contributed by atoms with Crippen molar-refractivity contribution in [3.8, 4) is 0 Å². The summed E-state index contributed by atoms with van der Waals surface area (Å²) in [4.78, 5) is 12.2. The van der Waals surface area contributed by atoms with Gasteiger partial charge in [-0.15, -0.1) is 0 Å². The summed E-state index contributed by atoms with van der Waals surface area (Å²) in [5.74, 6) is 2.92. The maximum atomic E-state index is 12.2. The highest BCUT2D eigenvalue weighted by Crippen LogP contribution is 2.62. The molecule has 0 aromatic carbocycles. The van der Waals surface area contributed by atoms with Gasteiger partial charge in [0.05, 0.1) is 12.2 Å². The van der Waals surface area contributed by atoms with E-state index in [1.54, 1.807) is 11.1 Å². The van der Waals surface area contributed by atoms with Crippen LogP contribution in [0.4, 0.5) is 0 Å². The molecule has 8 unspecified atom stereocenters. The predicted octanol–water partition coefficient (Wildman–Crippen LogP) is 4.59. The number of fused-ring (bicyclic) bond motifs is 4. The third kappa shape index (κ3) is 3.88. The number of amides is 1. The lowest BCUT2D eigenvalue weighted by atomic mass is 9.53. The van der Waals surface area contributed by atoms with E-state index in [-0.39, 0.29) is 29.6 Å². The van der Waals surface area contributed by atoms with Crippen LogP contribution in [-0.4, -0.2) is 34.4 Å². The molecular weight excluding hydrogens is 374 g/mol. The molecular formula is C26H43NO3. The molecule has 4 aliphatic carbocycles. The molecule has 0 radical (unpaired) electrons. The smallest absolute Gasteiger partial charge is 0.220 e. The molecule has 0 bridgehead atoms. The average Bonchev–Trinajstić information content (AvgIpc) is 3.04. The lowest BCUT2D eigenvalue weighted by molar-refractivity contribution is -0.122. The quantitative estimate of drug-likeness (QED) is 0.573. The van der Waals surface area contributed by atoms with Crippen molar-refractivity contribution in [1.29, 1.82) is 0 Å². The van der Waals surface area contributed by atoms with E-state index in [0.29, 0.717) is 36.0 Å². The summed E-state index contributed by atoms with van der Waals surface area (Å²) < 4.78 is 0. The Labute approximate surface area is 182 Å². The van der Waals surface area contributed by atoms with Crippen molar-refractivity contribution in [2.45, 2.75) is 110 Å². The average molecular weight is 418 g/mol. The maximum absolute atomic E-state index is 12.2. The Morgan fingerprint density at radius 3 is 2.60 bits per heavy atom. The lowest BCUT2D eigenvalue weighted by Crippen LogP contribution is -2.48. The number of hydrogen-bond acceptors (Lipinski definition) is 3. The fourth-order valence-corrected chi connectivity index (χ4v) is 7.96. The van der Waals surface area contributed by atoms with Crippen molar-refractivity contribution in [2.24, 2.45) is 35.0 Å². The third-order valence-corrected chi connectivity index (χ3v) is 9.41. The second kappa shape index (κ2) is 8.58. The molecule has 3 fully saturated rings. The number of nitrogens with one attached hydrogen (secondary N) is 1. The van der Waals surface area contributed by atoms with Crippen molar-refractivity contribution in [3.05, 3.63) is 11.1 Å². The first-order chi connectivity index (χ1) is 14.2. The van der Waals surface area contributed by atoms with E-state index in [1.165, 1.54) is 12.8 Å². The Kier molecular flexibility index (Phi) is 6.38. The van der Waals surface area contributed by atoms with Gasteiger partial charge in [0.25, 0.3) is 0 Å². The highest BCUT2D eigenvalue weighted by Gasteiger charge is 2.56. The van der Waals surface area contributed by atoms with Gasteiger partial charge in [-0.2, -0.15) is 0 Å². The molecule has 1 amide bonds. The third-order valence-electron chi connectivity index (χ3n) is 9.41. The van der Waals surface area contributed by atoms with Gasteiger partial charge in [0.2, 0.25) is 5.91 Å². The van der Waals surface area contributed by atoms with Crippen LogP contribution in [0.2, 0.25) is 0 Å². The highest BCUT2D eigenvalue weighted by atomic mass is 16.3. The summed E-state index contributed by atoms with van der Waals surface area (Å²) >= 11 is 0. The minimum absolute atomic E-state index is 0.108. The summed E-state index contributed by atoms with van der Waals surface area (Å²) in [6, 6.07) is 0.196. The zero-order chi connectivity index (χ0) is 21.6. The van der Waals surface area contributed by atoms with Crippen LogP contribution < -0.4 is 5.32 Å². The molecule has 30 heavy (non-hydrogen) atoms. The van der Waals surface area contributed by atoms with Crippen molar-refractivity contribution in [2.75, 3.05) is 0 Å². The molecule has 0 saturated heterocycles. The van der Waals surface area contributed by atoms with Crippen molar-refractivity contribution in [3.63, 3.8) is 0 Å². The Morgan fingerprint density at radius 1 is 1.10 bits per heavy atom. The standard InChI is InChI=1S/C26H43NO3/c1-15(2)27-25(30)12-5-16(3)22-10-11-23-20-8-6-17-13-18(28)7-9-19(17)21(20)14-24(29)26(22,23)4/h15-19,21-22,24,28-29H,5-14H2,1-4H3,(H,27,30). The molecule has 8 atom stereocenters. The molecule has 170 valence electrons. The molecule has 0 aromatic heterocycles. The number of allylic oxidation sites excluding steroid dienone is 1. The molecule has 3 N–H and O–H groups in total. The first-order valence-electron chi connectivity index (χ1n) is 12.6. The normalized spacial score (nSPS) is 41.8. The van der Waals surface area contributed by atoms with Crippen LogP contribution in [0.15, 0.2) is 11.1 Å². The van der Waals surface area contributed by atoms with E-state index in [9.17, 15) is 15.0 Å². The van der Waals surface area contributed by atoms with Crippen molar-refractivity contribution >= 4 is 5.91 Å². The van der Waals surface area contributed by atoms with Crippen LogP contribution >= 0.6 is 0 Å². The van der Waals surface area contributed by atoms with Gasteiger partial charge in [0.1, 0.15) is 0 Å². The Morgan fingerprint density at radius 2 is 1.87 bits per heavy atom. The van der Waals surface area contributed by atoms with Crippen molar-refractivity contribution in [1.82, 2.24) is 5.32 Å². The van der Waals surface area contributed by atoms with Crippen LogP contribution in [0.5, 0.6) is 0 Å². The van der Waals surface area contributed by atoms with Crippen LogP contribution in [0.3, 0.4) is 0 Å². The van der Waals surface area contributed by atoms with E-state index in [0.717, 1.165) is 44.9 Å². The zero-order valence-corrected chi connectivity index (χ0v) is 19.5. The van der Waals surface area contributed by atoms with Crippen LogP contribution in [-0.2, 0) is 4.79 Å². The van der Waals surface area contributed by atoms with Crippen LogP contribution in [0.1, 0.15) is 91.9 Å². The van der Waals surface area contributed by atoms with Gasteiger partial charge in [-0.3, -0.25) is 4.79 Å². The summed E-state index contributed by atoms with van der Waals surface area (Å²) in [5.41, 5.74) is 3.16. The highest BCUT2D eigenvalue weighted by molar-refractivity contribution is 5.76. The van der Waals surface area contributed by atoms with Gasteiger partial charge in [-0.05, 0) is 101 Å². The Hall–Kier alpha value is -0.870. The van der Waals surface area contributed by atoms with E-state index >= 15 is 0 Å². The minimum Gasteiger partial charge on any atom is -0.393 e. The fraction of sp³-hybridized carbons (Fsp3) is 0.885. The summed E-state index contributed by atoms with van der Waals surface area (Å²) in [5, 5.41) is 24.6. The van der Waals surface area contributed by atoms with Gasteiger partial charge < -0.3 is 15.5 Å². The summed E-state index contributed by atoms with van der Waals surface area (Å²) in [7, 11) is 0. The first kappa shape index (κ1) is 22.3. The SMILES string of the molecule is CC(C)NC(=O)CCC(C)C1CCC2=C3CCC4CC(O)CCC4C3CC(O)C21C. The second-order valence-corrected chi connectivity index (χ2v) is 11.5. The molecule has 0 aliphatic heterocycles. The first-order valence-corrected chi connectivity index (χ1v) is 12.6. The number of carbonyl (C=O) groups excluding carboxylic acids is 1. The monoisotopic (exact) mass is 417 g/mol. The summed E-state index contributed by atoms with van der Waals surface area (Å²) in [6.45, 7) is 8.64. The van der Waals surface area contributed by atoms with Crippen molar-refractivity contribution < 1.29 is 15.0 Å². The number of rotatable bonds is 5. The second-order valence-electron chi connectivity index (χ2n) is 11.5. The molecule has 3 saturated carbocycles. The number of aliphatic hydroxyl groups is 2. The van der Waals surface area contributed by atoms with E-state index in [1.807, 2.05) is 13.8 Å². The van der Waals surface area contributed by atoms with Gasteiger partial charge in [0, 0.05) is 17.9 Å². The molecule has 0 aromatic rings. The Bertz CT molecular complexity index is 686. The molecule has 4 heteroatoms. The minimum atomic E-state index is -0.272. The lowest BCUT2D eigenvalue weighted by Gasteiger charge is -2.53. The predicted molar refractivity (Wildman–Crippen MR) is 120 cm³/mol. The summed E-state index contributed by atoms with van der Waals surface area (Å²) in [6.07, 6.45) is 9.73. The van der Waals surface area contributed by atoms with E-state index < -0.39 is 0 Å².